The van der Waals surface area contributed by atoms with Crippen LogP contribution in [0.5, 0.6) is 0 Å². The van der Waals surface area contributed by atoms with Crippen molar-refractivity contribution in [1.82, 2.24) is 19.7 Å². The van der Waals surface area contributed by atoms with Crippen LogP contribution < -0.4 is 5.32 Å². The fourth-order valence-corrected chi connectivity index (χ4v) is 3.67. The van der Waals surface area contributed by atoms with Crippen LogP contribution in [0.1, 0.15) is 37.4 Å². The van der Waals surface area contributed by atoms with Gasteiger partial charge in [-0.1, -0.05) is 25.0 Å². The van der Waals surface area contributed by atoms with Crippen LogP contribution in [-0.4, -0.2) is 19.7 Å². The number of hydrogen-bond donors (Lipinski definition) is 1. The second kappa shape index (κ2) is 5.88. The van der Waals surface area contributed by atoms with E-state index in [0.717, 1.165) is 22.2 Å². The number of para-hydroxylation sites is 1. The third-order valence-corrected chi connectivity index (χ3v) is 4.96. The zero-order valence-electron chi connectivity index (χ0n) is 13.9. The Bertz CT molecular complexity index is 1030. The molecule has 1 fully saturated rings. The van der Waals surface area contributed by atoms with E-state index in [1.165, 1.54) is 25.7 Å². The number of aromatic nitrogens is 4. The first-order valence-corrected chi connectivity index (χ1v) is 8.78. The van der Waals surface area contributed by atoms with Gasteiger partial charge in [-0.2, -0.15) is 5.10 Å². The molecule has 5 rings (SSSR count). The molecule has 3 heterocycles. The highest BCUT2D eigenvalue weighted by atomic mass is 16.3. The van der Waals surface area contributed by atoms with Gasteiger partial charge in [0.15, 0.2) is 11.4 Å². The predicted molar refractivity (Wildman–Crippen MR) is 96.4 cm³/mol. The van der Waals surface area contributed by atoms with Gasteiger partial charge in [0.05, 0.1) is 18.3 Å². The molecule has 0 unspecified atom stereocenters. The van der Waals surface area contributed by atoms with Crippen LogP contribution in [-0.2, 0) is 6.54 Å². The van der Waals surface area contributed by atoms with Crippen LogP contribution >= 0.6 is 0 Å². The van der Waals surface area contributed by atoms with E-state index in [2.05, 4.69) is 32.2 Å². The third kappa shape index (κ3) is 2.54. The molecule has 0 spiro atoms. The second-order valence-corrected chi connectivity index (χ2v) is 6.58. The number of anilines is 1. The van der Waals surface area contributed by atoms with Crippen molar-refractivity contribution in [3.63, 3.8) is 0 Å². The molecule has 4 aromatic rings. The van der Waals surface area contributed by atoms with Crippen LogP contribution in [0.4, 0.5) is 5.82 Å². The molecule has 1 aliphatic carbocycles. The van der Waals surface area contributed by atoms with E-state index < -0.39 is 0 Å². The summed E-state index contributed by atoms with van der Waals surface area (Å²) in [6.07, 6.45) is 8.75. The Morgan fingerprint density at radius 1 is 1.12 bits per heavy atom. The third-order valence-electron chi connectivity index (χ3n) is 4.96. The smallest absolute Gasteiger partial charge is 0.196 e. The lowest BCUT2D eigenvalue weighted by Gasteiger charge is -2.09. The molecule has 0 amide bonds. The van der Waals surface area contributed by atoms with E-state index in [1.807, 2.05) is 24.3 Å². The Labute approximate surface area is 144 Å². The molecule has 1 saturated carbocycles. The molecule has 0 saturated heterocycles. The Balaban J connectivity index is 1.41. The summed E-state index contributed by atoms with van der Waals surface area (Å²) >= 11 is 0. The van der Waals surface area contributed by atoms with Crippen LogP contribution in [0.25, 0.3) is 22.1 Å². The normalized spacial score (nSPS) is 15.4. The first kappa shape index (κ1) is 14.5. The van der Waals surface area contributed by atoms with E-state index in [0.29, 0.717) is 24.0 Å². The van der Waals surface area contributed by atoms with Crippen LogP contribution in [0.15, 0.2) is 47.3 Å². The monoisotopic (exact) mass is 333 g/mol. The van der Waals surface area contributed by atoms with E-state index >= 15 is 0 Å². The number of nitrogens with one attached hydrogen (secondary N) is 1. The number of rotatable bonds is 4. The average molecular weight is 333 g/mol. The summed E-state index contributed by atoms with van der Waals surface area (Å²) in [6.45, 7) is 0.614. The van der Waals surface area contributed by atoms with Crippen molar-refractivity contribution in [2.75, 3.05) is 5.32 Å². The molecular formula is C19H19N5O. The minimum atomic E-state index is 0.565. The first-order chi connectivity index (χ1) is 12.4. The Hall–Kier alpha value is -2.89. The maximum Gasteiger partial charge on any atom is 0.196 e. The highest BCUT2D eigenvalue weighted by Crippen LogP contribution is 2.31. The Morgan fingerprint density at radius 2 is 2.00 bits per heavy atom. The number of furan rings is 1. The molecule has 126 valence electrons. The molecule has 6 nitrogen and oxygen atoms in total. The van der Waals surface area contributed by atoms with Gasteiger partial charge < -0.3 is 9.73 Å². The van der Waals surface area contributed by atoms with Crippen molar-refractivity contribution in [2.24, 2.45) is 0 Å². The number of nitrogens with zero attached hydrogens (tertiary/aromatic N) is 4. The summed E-state index contributed by atoms with van der Waals surface area (Å²) in [7, 11) is 0. The van der Waals surface area contributed by atoms with E-state index in [9.17, 15) is 0 Å². The van der Waals surface area contributed by atoms with Gasteiger partial charge in [-0.25, -0.2) is 9.97 Å². The Morgan fingerprint density at radius 3 is 2.92 bits per heavy atom. The average Bonchev–Trinajstić information content (AvgIpc) is 3.38. The van der Waals surface area contributed by atoms with Gasteiger partial charge in [-0.3, -0.25) is 4.68 Å². The molecule has 6 heteroatoms. The largest absolute Gasteiger partial charge is 0.450 e. The number of benzene rings is 1. The van der Waals surface area contributed by atoms with E-state index in [-0.39, 0.29) is 0 Å². The highest BCUT2D eigenvalue weighted by Gasteiger charge is 2.18. The fourth-order valence-electron chi connectivity index (χ4n) is 3.67. The quantitative estimate of drug-likeness (QED) is 0.603. The molecule has 25 heavy (non-hydrogen) atoms. The topological polar surface area (TPSA) is 68.8 Å². The van der Waals surface area contributed by atoms with Crippen molar-refractivity contribution in [3.8, 4) is 0 Å². The van der Waals surface area contributed by atoms with Gasteiger partial charge in [0, 0.05) is 11.6 Å². The second-order valence-electron chi connectivity index (χ2n) is 6.58. The summed E-state index contributed by atoms with van der Waals surface area (Å²) in [6, 6.07) is 10.5. The van der Waals surface area contributed by atoms with Gasteiger partial charge in [-0.15, -0.1) is 0 Å². The van der Waals surface area contributed by atoms with Crippen LogP contribution in [0.2, 0.25) is 0 Å². The van der Waals surface area contributed by atoms with Gasteiger partial charge in [-0.05, 0) is 31.0 Å². The summed E-state index contributed by atoms with van der Waals surface area (Å²) in [5.41, 5.74) is 3.37. The lowest BCUT2D eigenvalue weighted by atomic mass is 10.2. The standard InChI is InChI=1S/C19H19N5O/c1-2-6-14(5-1)24-10-9-13(23-24)11-20-19-18-17(21-12-22-19)15-7-3-4-8-16(15)25-18/h3-4,7-10,12,14H,1-2,5-6,11H2,(H,20,21,22). The van der Waals surface area contributed by atoms with Gasteiger partial charge in [0.1, 0.15) is 17.4 Å². The first-order valence-electron chi connectivity index (χ1n) is 8.78. The van der Waals surface area contributed by atoms with Crippen LogP contribution in [0.3, 0.4) is 0 Å². The maximum absolute atomic E-state index is 5.95. The fraction of sp³-hybridized carbons (Fsp3) is 0.316. The van der Waals surface area contributed by atoms with Crippen molar-refractivity contribution >= 4 is 27.9 Å². The van der Waals surface area contributed by atoms with Crippen molar-refractivity contribution < 1.29 is 4.42 Å². The van der Waals surface area contributed by atoms with Crippen LogP contribution in [0, 0.1) is 0 Å². The lowest BCUT2D eigenvalue weighted by molar-refractivity contribution is 0.463. The van der Waals surface area contributed by atoms with E-state index in [1.54, 1.807) is 6.33 Å². The minimum Gasteiger partial charge on any atom is -0.450 e. The molecule has 0 aliphatic heterocycles. The summed E-state index contributed by atoms with van der Waals surface area (Å²) in [4.78, 5) is 8.73. The Kier molecular flexibility index (Phi) is 3.40. The summed E-state index contributed by atoms with van der Waals surface area (Å²) < 4.78 is 8.06. The zero-order chi connectivity index (χ0) is 16.6. The SMILES string of the molecule is c1ccc2c(c1)oc1c(NCc3ccn(C4CCCC4)n3)ncnc12. The van der Waals surface area contributed by atoms with Crippen molar-refractivity contribution in [1.29, 1.82) is 0 Å². The maximum atomic E-state index is 5.95. The summed E-state index contributed by atoms with van der Waals surface area (Å²) in [5, 5.41) is 9.07. The zero-order valence-corrected chi connectivity index (χ0v) is 13.9. The molecule has 0 radical (unpaired) electrons. The van der Waals surface area contributed by atoms with Gasteiger partial charge in [0.2, 0.25) is 0 Å². The van der Waals surface area contributed by atoms with E-state index in [4.69, 9.17) is 9.52 Å². The number of hydrogen-bond acceptors (Lipinski definition) is 5. The summed E-state index contributed by atoms with van der Waals surface area (Å²) in [5.74, 6) is 0.705. The highest BCUT2D eigenvalue weighted by molar-refractivity contribution is 6.05. The molecule has 1 aliphatic rings. The van der Waals surface area contributed by atoms with Crippen molar-refractivity contribution in [2.45, 2.75) is 38.3 Å². The van der Waals surface area contributed by atoms with Gasteiger partial charge in [0.25, 0.3) is 0 Å². The molecule has 1 aromatic carbocycles. The van der Waals surface area contributed by atoms with Gasteiger partial charge >= 0.3 is 0 Å². The molecule has 3 aromatic heterocycles. The minimum absolute atomic E-state index is 0.565. The molecular weight excluding hydrogens is 314 g/mol. The van der Waals surface area contributed by atoms with Crippen molar-refractivity contribution in [3.05, 3.63) is 48.5 Å². The number of fused-ring (bicyclic) bond motifs is 3. The lowest BCUT2D eigenvalue weighted by Crippen LogP contribution is -2.07. The molecule has 1 N–H and O–H groups in total. The molecule has 0 bridgehead atoms. The predicted octanol–water partition coefficient (Wildman–Crippen LogP) is 4.30. The molecule has 0 atom stereocenters.